The molecule has 0 aliphatic rings. The first kappa shape index (κ1) is 12.3. The molecule has 0 fully saturated rings. The van der Waals surface area contributed by atoms with E-state index in [0.29, 0.717) is 23.3 Å². The van der Waals surface area contributed by atoms with Crippen molar-refractivity contribution in [3.8, 4) is 0 Å². The fourth-order valence-electron chi connectivity index (χ4n) is 1.27. The van der Waals surface area contributed by atoms with E-state index in [4.69, 9.17) is 0 Å². The molecule has 0 spiro atoms. The van der Waals surface area contributed by atoms with Crippen molar-refractivity contribution in [2.24, 2.45) is 0 Å². The van der Waals surface area contributed by atoms with E-state index in [-0.39, 0.29) is 11.6 Å². The first-order valence-electron chi connectivity index (χ1n) is 5.25. The van der Waals surface area contributed by atoms with Gasteiger partial charge in [0.15, 0.2) is 0 Å². The molecule has 0 aromatic carbocycles. The first-order valence-corrected chi connectivity index (χ1v) is 6.02. The van der Waals surface area contributed by atoms with Gasteiger partial charge in [0.1, 0.15) is 5.69 Å². The van der Waals surface area contributed by atoms with Gasteiger partial charge in [-0.2, -0.15) is 0 Å². The molecule has 2 aromatic heterocycles. The third-order valence-corrected chi connectivity index (χ3v) is 2.45. The van der Waals surface area contributed by atoms with Gasteiger partial charge in [-0.05, 0) is 25.1 Å². The lowest BCUT2D eigenvalue weighted by Gasteiger charge is -2.05. The maximum atomic E-state index is 11.9. The second-order valence-corrected chi connectivity index (χ2v) is 4.10. The maximum Gasteiger partial charge on any atom is 0.276 e. The maximum absolute atomic E-state index is 11.9. The minimum absolute atomic E-state index is 0.272. The van der Waals surface area contributed by atoms with Crippen molar-refractivity contribution in [1.29, 1.82) is 0 Å². The number of hydrogen-bond donors (Lipinski definition) is 2. The van der Waals surface area contributed by atoms with Gasteiger partial charge in [0.2, 0.25) is 11.1 Å². The number of nitrogens with zero attached hydrogens (tertiary/aromatic N) is 5. The molecule has 1 amide bonds. The fraction of sp³-hybridized carbons (Fsp3) is 0.333. The van der Waals surface area contributed by atoms with Crippen molar-refractivity contribution < 1.29 is 4.79 Å². The van der Waals surface area contributed by atoms with Gasteiger partial charge in [0.25, 0.3) is 5.91 Å². The number of hydrogen-bond acceptors (Lipinski definition) is 8. The second-order valence-electron chi connectivity index (χ2n) is 3.37. The highest BCUT2D eigenvalue weighted by Gasteiger charge is 2.12. The molecule has 0 bridgehead atoms. The molecule has 0 atom stereocenters. The summed E-state index contributed by atoms with van der Waals surface area (Å²) in [6.45, 7) is 4.41. The van der Waals surface area contributed by atoms with Crippen LogP contribution in [0.3, 0.4) is 0 Å². The number of anilines is 2. The van der Waals surface area contributed by atoms with Crippen molar-refractivity contribution >= 4 is 28.5 Å². The van der Waals surface area contributed by atoms with E-state index in [1.165, 1.54) is 0 Å². The summed E-state index contributed by atoms with van der Waals surface area (Å²) in [4.78, 5) is 20.2. The Balaban J connectivity index is 2.19. The van der Waals surface area contributed by atoms with E-state index in [0.717, 1.165) is 11.5 Å². The Morgan fingerprint density at radius 1 is 1.44 bits per heavy atom. The van der Waals surface area contributed by atoms with Crippen molar-refractivity contribution in [3.05, 3.63) is 17.5 Å². The number of aromatic nitrogens is 5. The summed E-state index contributed by atoms with van der Waals surface area (Å²) in [7, 11) is 0. The van der Waals surface area contributed by atoms with Gasteiger partial charge in [-0.1, -0.05) is 9.59 Å². The van der Waals surface area contributed by atoms with Crippen LogP contribution in [0.5, 0.6) is 0 Å². The summed E-state index contributed by atoms with van der Waals surface area (Å²) >= 11 is 1.00. The molecule has 2 aromatic rings. The normalized spacial score (nSPS) is 10.1. The number of amides is 1. The Bertz CT molecular complexity index is 542. The Morgan fingerprint density at radius 2 is 2.28 bits per heavy atom. The second kappa shape index (κ2) is 5.45. The topological polar surface area (TPSA) is 106 Å². The van der Waals surface area contributed by atoms with Gasteiger partial charge < -0.3 is 5.32 Å². The van der Waals surface area contributed by atoms with Gasteiger partial charge in [-0.25, -0.2) is 9.97 Å². The molecule has 2 rings (SSSR count). The molecule has 9 heteroatoms. The van der Waals surface area contributed by atoms with Crippen LogP contribution < -0.4 is 10.6 Å². The molecule has 2 N–H and O–H groups in total. The largest absolute Gasteiger partial charge is 0.354 e. The minimum atomic E-state index is -0.363. The van der Waals surface area contributed by atoms with Crippen molar-refractivity contribution in [1.82, 2.24) is 24.8 Å². The van der Waals surface area contributed by atoms with Gasteiger partial charge >= 0.3 is 0 Å². The molecule has 2 heterocycles. The van der Waals surface area contributed by atoms with Crippen molar-refractivity contribution in [2.75, 3.05) is 17.2 Å². The SMILES string of the molecule is CCNc1nc(C)cc(C(=O)Nc2nnns2)n1. The molecule has 0 radical (unpaired) electrons. The zero-order chi connectivity index (χ0) is 13.0. The van der Waals surface area contributed by atoms with Crippen LogP contribution in [0.25, 0.3) is 0 Å². The van der Waals surface area contributed by atoms with Crippen LogP contribution >= 0.6 is 11.5 Å². The lowest BCUT2D eigenvalue weighted by Crippen LogP contribution is -2.16. The number of carbonyl (C=O) groups is 1. The number of carbonyl (C=O) groups excluding carboxylic acids is 1. The van der Waals surface area contributed by atoms with Crippen LogP contribution in [-0.4, -0.2) is 37.2 Å². The fourth-order valence-corrected chi connectivity index (χ4v) is 1.63. The summed E-state index contributed by atoms with van der Waals surface area (Å²) < 4.78 is 3.55. The van der Waals surface area contributed by atoms with Crippen LogP contribution in [0.15, 0.2) is 6.07 Å². The summed E-state index contributed by atoms with van der Waals surface area (Å²) in [5, 5.41) is 12.9. The van der Waals surface area contributed by atoms with Gasteiger partial charge in [-0.15, -0.1) is 0 Å². The lowest BCUT2D eigenvalue weighted by atomic mass is 10.3. The van der Waals surface area contributed by atoms with Crippen LogP contribution in [0.4, 0.5) is 11.1 Å². The number of aryl methyl sites for hydroxylation is 1. The summed E-state index contributed by atoms with van der Waals surface area (Å²) in [6.07, 6.45) is 0. The van der Waals surface area contributed by atoms with Crippen LogP contribution in [0, 0.1) is 6.92 Å². The molecule has 0 unspecified atom stereocenters. The van der Waals surface area contributed by atoms with Gasteiger partial charge in [0, 0.05) is 23.8 Å². The van der Waals surface area contributed by atoms with E-state index < -0.39 is 0 Å². The summed E-state index contributed by atoms with van der Waals surface area (Å²) in [6, 6.07) is 1.60. The molecular weight excluding hydrogens is 254 g/mol. The van der Waals surface area contributed by atoms with E-state index >= 15 is 0 Å². The van der Waals surface area contributed by atoms with Crippen molar-refractivity contribution in [2.45, 2.75) is 13.8 Å². The number of rotatable bonds is 4. The van der Waals surface area contributed by atoms with Gasteiger partial charge in [0.05, 0.1) is 0 Å². The smallest absolute Gasteiger partial charge is 0.276 e. The molecule has 8 nitrogen and oxygen atoms in total. The highest BCUT2D eigenvalue weighted by Crippen LogP contribution is 2.09. The zero-order valence-corrected chi connectivity index (χ0v) is 10.7. The molecule has 0 aliphatic heterocycles. The van der Waals surface area contributed by atoms with Crippen LogP contribution in [0.1, 0.15) is 23.1 Å². The Hall–Kier alpha value is -2.16. The lowest BCUT2D eigenvalue weighted by molar-refractivity contribution is 0.102. The Labute approximate surface area is 107 Å². The first-order chi connectivity index (χ1) is 8.69. The molecule has 0 saturated heterocycles. The molecule has 94 valence electrons. The highest BCUT2D eigenvalue weighted by atomic mass is 32.1. The van der Waals surface area contributed by atoms with E-state index in [9.17, 15) is 4.79 Å². The van der Waals surface area contributed by atoms with Crippen LogP contribution in [0.2, 0.25) is 0 Å². The third-order valence-electron chi connectivity index (χ3n) is 1.94. The average Bonchev–Trinajstić information content (AvgIpc) is 2.81. The van der Waals surface area contributed by atoms with E-state index in [1.54, 1.807) is 13.0 Å². The standard InChI is InChI=1S/C9H11N7OS/c1-3-10-8-11-5(2)4-6(12-8)7(17)13-9-14-15-16-18-9/h4H,3H2,1-2H3,(H,10,11,12)(H,13,14,16,17). The minimum Gasteiger partial charge on any atom is -0.354 e. The predicted octanol–water partition coefficient (Wildman–Crippen LogP) is 0.716. The molecular formula is C9H11N7OS. The monoisotopic (exact) mass is 265 g/mol. The Morgan fingerprint density at radius 3 is 2.94 bits per heavy atom. The van der Waals surface area contributed by atoms with Gasteiger partial charge in [-0.3, -0.25) is 10.1 Å². The number of nitrogens with one attached hydrogen (secondary N) is 2. The van der Waals surface area contributed by atoms with Crippen LogP contribution in [-0.2, 0) is 0 Å². The average molecular weight is 265 g/mol. The summed E-state index contributed by atoms with van der Waals surface area (Å²) in [5.41, 5.74) is 0.982. The molecule has 0 aliphatic carbocycles. The Kier molecular flexibility index (Phi) is 3.72. The molecule has 18 heavy (non-hydrogen) atoms. The quantitative estimate of drug-likeness (QED) is 0.838. The van der Waals surface area contributed by atoms with E-state index in [1.807, 2.05) is 6.92 Å². The third kappa shape index (κ3) is 2.94. The molecule has 0 saturated carbocycles. The predicted molar refractivity (Wildman–Crippen MR) is 66.6 cm³/mol. The van der Waals surface area contributed by atoms with Crippen molar-refractivity contribution in [3.63, 3.8) is 0 Å². The summed E-state index contributed by atoms with van der Waals surface area (Å²) in [5.74, 6) is 0.0660. The zero-order valence-electron chi connectivity index (χ0n) is 9.84. The highest BCUT2D eigenvalue weighted by molar-refractivity contribution is 7.09. The van der Waals surface area contributed by atoms with E-state index in [2.05, 4.69) is 35.4 Å².